The van der Waals surface area contributed by atoms with Gasteiger partial charge in [0.05, 0.1) is 0 Å². The van der Waals surface area contributed by atoms with Crippen LogP contribution in [-0.2, 0) is 10.4 Å². The minimum atomic E-state index is -4.67. The Kier molecular flexibility index (Phi) is 14.8. The van der Waals surface area contributed by atoms with E-state index >= 15 is 0 Å². The van der Waals surface area contributed by atoms with E-state index in [-0.39, 0.29) is 0 Å². The molecular formula is C10H23NaO4S. The average Bonchev–Trinajstić information content (AvgIpc) is 2.08. The van der Waals surface area contributed by atoms with Crippen molar-refractivity contribution >= 4 is 38.3 Å². The summed E-state index contributed by atoms with van der Waals surface area (Å²) in [4.78, 5) is 0. The van der Waals surface area contributed by atoms with Crippen LogP contribution in [-0.4, -0.2) is 45.5 Å². The van der Waals surface area contributed by atoms with E-state index < -0.39 is 10.4 Å². The molecule has 0 aliphatic rings. The van der Waals surface area contributed by atoms with Crippen LogP contribution in [0.3, 0.4) is 0 Å². The van der Waals surface area contributed by atoms with Crippen LogP contribution in [0.1, 0.15) is 52.4 Å². The summed E-state index contributed by atoms with van der Waals surface area (Å²) in [6.45, 7) is 4.63. The molecular weight excluding hydrogens is 239 g/mol. The van der Waals surface area contributed by atoms with Gasteiger partial charge in [-0.05, 0) is 0 Å². The van der Waals surface area contributed by atoms with Gasteiger partial charge in [0.15, 0.2) is 0 Å². The molecule has 0 atom stereocenters. The maximum atomic E-state index is 8.74. The SMILES string of the molecule is CC(C)CCCCCC[CH2][Na].O=S(=O)(O)O. The summed E-state index contributed by atoms with van der Waals surface area (Å²) in [5.41, 5.74) is 0. The third-order valence-electron chi connectivity index (χ3n) is 2.14. The largest absolute Gasteiger partial charge is 0.394 e. The maximum absolute atomic E-state index is 8.74. The third-order valence-corrected chi connectivity index (χ3v) is 2.84. The first-order valence-corrected chi connectivity index (χ1v) is 8.78. The van der Waals surface area contributed by atoms with Crippen molar-refractivity contribution in [3.05, 3.63) is 0 Å². The molecule has 0 aliphatic carbocycles. The minimum absolute atomic E-state index is 0.911. The Labute approximate surface area is 117 Å². The van der Waals surface area contributed by atoms with Crippen LogP contribution < -0.4 is 0 Å². The molecule has 0 radical (unpaired) electrons. The number of hydrogen-bond donors (Lipinski definition) is 2. The monoisotopic (exact) mass is 262 g/mol. The van der Waals surface area contributed by atoms with Crippen molar-refractivity contribution in [3.63, 3.8) is 0 Å². The van der Waals surface area contributed by atoms with Gasteiger partial charge in [0.25, 0.3) is 0 Å². The second-order valence-electron chi connectivity index (χ2n) is 4.40. The van der Waals surface area contributed by atoms with Crippen LogP contribution in [0.2, 0.25) is 3.67 Å². The van der Waals surface area contributed by atoms with Crippen molar-refractivity contribution in [2.75, 3.05) is 0 Å². The molecule has 0 rings (SSSR count). The Balaban J connectivity index is 0. The summed E-state index contributed by atoms with van der Waals surface area (Å²) in [5.74, 6) is 0.911. The zero-order valence-electron chi connectivity index (χ0n) is 10.6. The molecule has 0 spiro atoms. The number of hydrogen-bond acceptors (Lipinski definition) is 2. The standard InChI is InChI=1S/C10H21.Na.H2O4S/c1-4-5-6-7-8-9-10(2)3;;1-5(2,3)4/h10H,1,4-9H2,2-3H3;;(H2,1,2,3,4). The van der Waals surface area contributed by atoms with E-state index in [1.807, 2.05) is 0 Å². The van der Waals surface area contributed by atoms with Gasteiger partial charge in [-0.15, -0.1) is 0 Å². The van der Waals surface area contributed by atoms with Crippen molar-refractivity contribution in [1.82, 2.24) is 0 Å². The first kappa shape index (κ1) is 19.2. The zero-order valence-corrected chi connectivity index (χ0v) is 13.5. The van der Waals surface area contributed by atoms with Crippen molar-refractivity contribution < 1.29 is 17.5 Å². The van der Waals surface area contributed by atoms with Crippen molar-refractivity contribution in [2.45, 2.75) is 56.0 Å². The summed E-state index contributed by atoms with van der Waals surface area (Å²) < 4.78 is 33.1. The number of rotatable bonds is 7. The molecule has 0 unspecified atom stereocenters. The Hall–Kier alpha value is 0.870. The topological polar surface area (TPSA) is 74.6 Å². The first-order valence-electron chi connectivity index (χ1n) is 5.97. The molecule has 94 valence electrons. The van der Waals surface area contributed by atoms with Gasteiger partial charge >= 0.3 is 100 Å². The molecule has 0 amide bonds. The first-order chi connectivity index (χ1) is 7.27. The minimum Gasteiger partial charge on any atom is -0.264 e. The molecule has 4 nitrogen and oxygen atoms in total. The molecule has 0 aromatic heterocycles. The Bertz CT molecular complexity index is 219. The number of unbranched alkanes of at least 4 members (excludes halogenated alkanes) is 4. The fourth-order valence-electron chi connectivity index (χ4n) is 1.33. The molecule has 0 aromatic rings. The van der Waals surface area contributed by atoms with E-state index in [0.29, 0.717) is 0 Å². The molecule has 16 heavy (non-hydrogen) atoms. The van der Waals surface area contributed by atoms with Crippen molar-refractivity contribution in [3.8, 4) is 0 Å². The van der Waals surface area contributed by atoms with E-state index in [0.717, 1.165) is 5.92 Å². The van der Waals surface area contributed by atoms with E-state index in [4.69, 9.17) is 17.5 Å². The smallest absolute Gasteiger partial charge is 0.264 e. The molecule has 0 aliphatic heterocycles. The van der Waals surface area contributed by atoms with Gasteiger partial charge in [0.2, 0.25) is 0 Å². The van der Waals surface area contributed by atoms with Gasteiger partial charge < -0.3 is 0 Å². The Morgan fingerprint density at radius 1 is 1.00 bits per heavy atom. The summed E-state index contributed by atoms with van der Waals surface area (Å²) in [5, 5.41) is 0. The van der Waals surface area contributed by atoms with Crippen LogP contribution in [0.5, 0.6) is 0 Å². The van der Waals surface area contributed by atoms with Crippen molar-refractivity contribution in [1.29, 1.82) is 0 Å². The Morgan fingerprint density at radius 2 is 1.38 bits per heavy atom. The van der Waals surface area contributed by atoms with Gasteiger partial charge in [-0.25, -0.2) is 0 Å². The van der Waals surface area contributed by atoms with Gasteiger partial charge in [0.1, 0.15) is 0 Å². The van der Waals surface area contributed by atoms with Crippen LogP contribution in [0.15, 0.2) is 0 Å². The second-order valence-corrected chi connectivity index (χ2v) is 6.29. The Morgan fingerprint density at radius 3 is 1.75 bits per heavy atom. The molecule has 0 bridgehead atoms. The summed E-state index contributed by atoms with van der Waals surface area (Å²) >= 11 is 1.41. The van der Waals surface area contributed by atoms with Crippen molar-refractivity contribution in [2.24, 2.45) is 5.92 Å². The predicted octanol–water partition coefficient (Wildman–Crippen LogP) is 2.92. The van der Waals surface area contributed by atoms with Gasteiger partial charge in [-0.1, -0.05) is 0 Å². The average molecular weight is 262 g/mol. The molecule has 0 saturated carbocycles. The molecule has 0 heterocycles. The fourth-order valence-corrected chi connectivity index (χ4v) is 1.83. The van der Waals surface area contributed by atoms with Crippen LogP contribution in [0, 0.1) is 5.92 Å². The molecule has 0 fully saturated rings. The van der Waals surface area contributed by atoms with Gasteiger partial charge in [0, 0.05) is 0 Å². The maximum Gasteiger partial charge on any atom is 0.394 e. The molecule has 2 N–H and O–H groups in total. The van der Waals surface area contributed by atoms with Crippen LogP contribution >= 0.6 is 0 Å². The molecule has 6 heteroatoms. The summed E-state index contributed by atoms with van der Waals surface area (Å²) in [7, 11) is -4.67. The molecule has 0 saturated heterocycles. The van der Waals surface area contributed by atoms with E-state index in [1.165, 1.54) is 70.1 Å². The third kappa shape index (κ3) is 36.4. The van der Waals surface area contributed by atoms with E-state index in [2.05, 4.69) is 13.8 Å². The summed E-state index contributed by atoms with van der Waals surface area (Å²) in [6.07, 6.45) is 8.82. The zero-order chi connectivity index (χ0) is 13.0. The van der Waals surface area contributed by atoms with Crippen LogP contribution in [0.25, 0.3) is 0 Å². The summed E-state index contributed by atoms with van der Waals surface area (Å²) in [6, 6.07) is 0. The fraction of sp³-hybridized carbons (Fsp3) is 1.00. The predicted molar refractivity (Wildman–Crippen MR) is 67.3 cm³/mol. The van der Waals surface area contributed by atoms with Gasteiger partial charge in [-0.2, -0.15) is 8.42 Å². The van der Waals surface area contributed by atoms with Crippen LogP contribution in [0.4, 0.5) is 0 Å². The second kappa shape index (κ2) is 12.3. The van der Waals surface area contributed by atoms with Gasteiger partial charge in [-0.3, -0.25) is 9.11 Å². The van der Waals surface area contributed by atoms with E-state index in [1.54, 1.807) is 0 Å². The molecule has 0 aromatic carbocycles. The normalized spacial score (nSPS) is 11.2. The van der Waals surface area contributed by atoms with E-state index in [9.17, 15) is 0 Å². The quantitative estimate of drug-likeness (QED) is 0.420.